The van der Waals surface area contributed by atoms with Crippen molar-refractivity contribution in [3.8, 4) is 5.75 Å². The van der Waals surface area contributed by atoms with Crippen molar-refractivity contribution in [3.05, 3.63) is 24.3 Å². The lowest BCUT2D eigenvalue weighted by Crippen LogP contribution is -2.41. The standard InChI is InChI=1S/C20H32BNO4/c1-15(23)14-22-12-10-18(11-13-22)24-17-8-6-16(7-9-17)21-25-19(2,3)20(4,5)26-21/h6-9,15,18,23H,10-14H2,1-5H3/t15-/m1/s1. The summed E-state index contributed by atoms with van der Waals surface area (Å²) in [5.74, 6) is 0.888. The van der Waals surface area contributed by atoms with Gasteiger partial charge in [-0.2, -0.15) is 0 Å². The molecule has 0 saturated carbocycles. The quantitative estimate of drug-likeness (QED) is 0.815. The molecule has 2 fully saturated rings. The molecule has 2 aliphatic heterocycles. The average molecular weight is 361 g/mol. The summed E-state index contributed by atoms with van der Waals surface area (Å²) in [4.78, 5) is 2.30. The molecule has 0 aromatic heterocycles. The molecule has 0 unspecified atom stereocenters. The lowest BCUT2D eigenvalue weighted by atomic mass is 9.79. The SMILES string of the molecule is C[C@@H](O)CN1CCC(Oc2ccc(B3OC(C)(C)C(C)(C)O3)cc2)CC1. The van der Waals surface area contributed by atoms with Crippen LogP contribution in [0.2, 0.25) is 0 Å². The van der Waals surface area contributed by atoms with Crippen LogP contribution in [0.15, 0.2) is 24.3 Å². The van der Waals surface area contributed by atoms with E-state index in [1.54, 1.807) is 0 Å². The van der Waals surface area contributed by atoms with E-state index in [2.05, 4.69) is 32.6 Å². The number of aliphatic hydroxyl groups excluding tert-OH is 1. The molecule has 0 bridgehead atoms. The molecule has 1 aromatic carbocycles. The monoisotopic (exact) mass is 361 g/mol. The van der Waals surface area contributed by atoms with Gasteiger partial charge in [-0.05, 0) is 65.1 Å². The second-order valence-electron chi connectivity index (χ2n) is 8.62. The highest BCUT2D eigenvalue weighted by atomic mass is 16.7. The van der Waals surface area contributed by atoms with Crippen LogP contribution in [0.3, 0.4) is 0 Å². The van der Waals surface area contributed by atoms with Crippen LogP contribution >= 0.6 is 0 Å². The Morgan fingerprint density at radius 3 is 2.15 bits per heavy atom. The molecule has 0 aliphatic carbocycles. The lowest BCUT2D eigenvalue weighted by Gasteiger charge is -2.32. The maximum atomic E-state index is 9.49. The van der Waals surface area contributed by atoms with Gasteiger partial charge in [-0.3, -0.25) is 0 Å². The molecule has 0 radical (unpaired) electrons. The van der Waals surface area contributed by atoms with Crippen LogP contribution in [0.4, 0.5) is 0 Å². The Hall–Kier alpha value is -1.08. The first-order chi connectivity index (χ1) is 12.2. The van der Waals surface area contributed by atoms with Crippen LogP contribution in [-0.2, 0) is 9.31 Å². The van der Waals surface area contributed by atoms with Gasteiger partial charge in [0.05, 0.1) is 17.3 Å². The molecular weight excluding hydrogens is 329 g/mol. The van der Waals surface area contributed by atoms with Gasteiger partial charge in [0.25, 0.3) is 0 Å². The summed E-state index contributed by atoms with van der Waals surface area (Å²) in [6.07, 6.45) is 1.95. The predicted molar refractivity (Wildman–Crippen MR) is 104 cm³/mol. The topological polar surface area (TPSA) is 51.2 Å². The van der Waals surface area contributed by atoms with Crippen LogP contribution < -0.4 is 10.2 Å². The van der Waals surface area contributed by atoms with Gasteiger partial charge >= 0.3 is 7.12 Å². The largest absolute Gasteiger partial charge is 0.494 e. The van der Waals surface area contributed by atoms with E-state index in [9.17, 15) is 5.11 Å². The average Bonchev–Trinajstić information content (AvgIpc) is 2.77. The van der Waals surface area contributed by atoms with Crippen molar-refractivity contribution < 1.29 is 19.2 Å². The van der Waals surface area contributed by atoms with Crippen molar-refractivity contribution in [3.63, 3.8) is 0 Å². The van der Waals surface area contributed by atoms with Gasteiger partial charge in [0.15, 0.2) is 0 Å². The van der Waals surface area contributed by atoms with Crippen molar-refractivity contribution in [2.24, 2.45) is 0 Å². The Labute approximate surface area is 157 Å². The molecule has 1 atom stereocenters. The van der Waals surface area contributed by atoms with Gasteiger partial charge in [0, 0.05) is 19.6 Å². The fourth-order valence-corrected chi connectivity index (χ4v) is 3.46. The molecule has 0 spiro atoms. The Morgan fingerprint density at radius 1 is 1.12 bits per heavy atom. The zero-order valence-corrected chi connectivity index (χ0v) is 16.7. The molecule has 5 nitrogen and oxygen atoms in total. The molecule has 2 saturated heterocycles. The van der Waals surface area contributed by atoms with Crippen molar-refractivity contribution >= 4 is 12.6 Å². The number of rotatable bonds is 5. The Balaban J connectivity index is 1.53. The van der Waals surface area contributed by atoms with Crippen LogP contribution in [0.25, 0.3) is 0 Å². The van der Waals surface area contributed by atoms with Crippen molar-refractivity contribution in [1.82, 2.24) is 4.90 Å². The Morgan fingerprint density at radius 2 is 1.65 bits per heavy atom. The molecular formula is C20H32BNO4. The second-order valence-corrected chi connectivity index (χ2v) is 8.62. The van der Waals surface area contributed by atoms with E-state index >= 15 is 0 Å². The summed E-state index contributed by atoms with van der Waals surface area (Å²) in [6.45, 7) is 12.8. The number of likely N-dealkylation sites (tertiary alicyclic amines) is 1. The van der Waals surface area contributed by atoms with Crippen LogP contribution in [0.5, 0.6) is 5.75 Å². The lowest BCUT2D eigenvalue weighted by molar-refractivity contribution is 0.00578. The summed E-state index contributed by atoms with van der Waals surface area (Å²) in [5, 5.41) is 9.49. The Kier molecular flexibility index (Phi) is 5.68. The molecule has 3 rings (SSSR count). The van der Waals surface area contributed by atoms with E-state index in [1.807, 2.05) is 31.2 Å². The normalized spacial score (nSPS) is 24.6. The molecule has 1 N–H and O–H groups in total. The van der Waals surface area contributed by atoms with E-state index < -0.39 is 0 Å². The Bertz CT molecular complexity index is 578. The van der Waals surface area contributed by atoms with Gasteiger partial charge in [-0.1, -0.05) is 12.1 Å². The number of benzene rings is 1. The van der Waals surface area contributed by atoms with Crippen molar-refractivity contribution in [2.75, 3.05) is 19.6 Å². The maximum Gasteiger partial charge on any atom is 0.494 e. The first-order valence-electron chi connectivity index (χ1n) is 9.69. The molecule has 2 aliphatic rings. The van der Waals surface area contributed by atoms with Gasteiger partial charge < -0.3 is 24.1 Å². The summed E-state index contributed by atoms with van der Waals surface area (Å²) in [5.41, 5.74) is 0.363. The number of ether oxygens (including phenoxy) is 1. The summed E-state index contributed by atoms with van der Waals surface area (Å²) >= 11 is 0. The smallest absolute Gasteiger partial charge is 0.490 e. The second kappa shape index (κ2) is 7.51. The van der Waals surface area contributed by atoms with Gasteiger partial charge in [-0.15, -0.1) is 0 Å². The third-order valence-electron chi connectivity index (χ3n) is 5.77. The van der Waals surface area contributed by atoms with Crippen LogP contribution in [-0.4, -0.2) is 60.2 Å². The minimum Gasteiger partial charge on any atom is -0.490 e. The number of β-amino-alcohol motifs (C(OH)–C–C–N with tert-alkyl or cyclic N) is 1. The highest BCUT2D eigenvalue weighted by Crippen LogP contribution is 2.36. The molecule has 1 aromatic rings. The van der Waals surface area contributed by atoms with Crippen molar-refractivity contribution in [2.45, 2.75) is 70.9 Å². The fraction of sp³-hybridized carbons (Fsp3) is 0.700. The van der Waals surface area contributed by atoms with Crippen molar-refractivity contribution in [1.29, 1.82) is 0 Å². The van der Waals surface area contributed by atoms with E-state index in [0.717, 1.165) is 43.7 Å². The van der Waals surface area contributed by atoms with E-state index in [1.165, 1.54) is 0 Å². The van der Waals surface area contributed by atoms with Crippen LogP contribution in [0, 0.1) is 0 Å². The number of piperidine rings is 1. The molecule has 0 amide bonds. The summed E-state index contributed by atoms with van der Waals surface area (Å²) in [7, 11) is -0.335. The molecule has 2 heterocycles. The molecule has 26 heavy (non-hydrogen) atoms. The first-order valence-corrected chi connectivity index (χ1v) is 9.69. The van der Waals surface area contributed by atoms with Gasteiger partial charge in [-0.25, -0.2) is 0 Å². The summed E-state index contributed by atoms with van der Waals surface area (Å²) < 4.78 is 18.3. The first kappa shape index (κ1) is 19.7. The van der Waals surface area contributed by atoms with E-state index in [4.69, 9.17) is 14.0 Å². The molecule has 6 heteroatoms. The van der Waals surface area contributed by atoms with Gasteiger partial charge in [0.2, 0.25) is 0 Å². The number of aliphatic hydroxyl groups is 1. The minimum absolute atomic E-state index is 0.239. The van der Waals surface area contributed by atoms with E-state index in [0.29, 0.717) is 0 Å². The number of nitrogens with zero attached hydrogens (tertiary/aromatic N) is 1. The third kappa shape index (κ3) is 4.42. The third-order valence-corrected chi connectivity index (χ3v) is 5.77. The molecule has 144 valence electrons. The highest BCUT2D eigenvalue weighted by Gasteiger charge is 2.51. The predicted octanol–water partition coefficient (Wildman–Crippen LogP) is 2.21. The summed E-state index contributed by atoms with van der Waals surface area (Å²) in [6, 6.07) is 8.06. The fourth-order valence-electron chi connectivity index (χ4n) is 3.46. The highest BCUT2D eigenvalue weighted by molar-refractivity contribution is 6.62. The minimum atomic E-state index is -0.335. The zero-order valence-electron chi connectivity index (χ0n) is 16.7. The number of hydrogen-bond acceptors (Lipinski definition) is 5. The number of hydrogen-bond donors (Lipinski definition) is 1. The van der Waals surface area contributed by atoms with Gasteiger partial charge in [0.1, 0.15) is 11.9 Å². The van der Waals surface area contributed by atoms with Crippen LogP contribution in [0.1, 0.15) is 47.5 Å². The maximum absolute atomic E-state index is 9.49. The zero-order chi connectivity index (χ0) is 18.9. The van der Waals surface area contributed by atoms with E-state index in [-0.39, 0.29) is 30.5 Å².